The molecule has 4 nitrogen and oxygen atoms in total. The predicted octanol–water partition coefficient (Wildman–Crippen LogP) is 6.16. The highest BCUT2D eigenvalue weighted by molar-refractivity contribution is 7.97. The number of ether oxygens (including phenoxy) is 1. The summed E-state index contributed by atoms with van der Waals surface area (Å²) in [6.07, 6.45) is 5.23. The Morgan fingerprint density at radius 3 is 2.44 bits per heavy atom. The molecule has 1 aromatic carbocycles. The van der Waals surface area contributed by atoms with Gasteiger partial charge in [0.05, 0.1) is 11.6 Å². The molecule has 1 amide bonds. The first kappa shape index (κ1) is 21.4. The lowest BCUT2D eigenvalue weighted by Gasteiger charge is -2.34. The quantitative estimate of drug-likeness (QED) is 0.604. The average molecular weight is 363 g/mol. The second kappa shape index (κ2) is 10.4. The molecule has 0 unspecified atom stereocenters. The average Bonchev–Trinajstić information content (AvgIpc) is 2.61. The summed E-state index contributed by atoms with van der Waals surface area (Å²) in [5, 5.41) is 9.04. The maximum absolute atomic E-state index is 12.6. The van der Waals surface area contributed by atoms with E-state index in [4.69, 9.17) is 10.00 Å². The molecule has 0 aromatic heterocycles. The fourth-order valence-electron chi connectivity index (χ4n) is 2.62. The Kier molecular flexibility index (Phi) is 8.85. The van der Waals surface area contributed by atoms with E-state index in [9.17, 15) is 4.79 Å². The van der Waals surface area contributed by atoms with Gasteiger partial charge in [0, 0.05) is 10.9 Å². The van der Waals surface area contributed by atoms with Crippen LogP contribution in [0.2, 0.25) is 0 Å². The summed E-state index contributed by atoms with van der Waals surface area (Å²) in [7, 11) is 0. The molecule has 0 spiro atoms. The monoisotopic (exact) mass is 362 g/mol. The first-order valence-electron chi connectivity index (χ1n) is 9.09. The number of amides is 1. The topological polar surface area (TPSA) is 53.3 Å². The molecule has 1 saturated carbocycles. The smallest absolute Gasteiger partial charge is 0.420 e. The normalized spacial score (nSPS) is 14.7. The van der Waals surface area contributed by atoms with E-state index in [1.165, 1.54) is 18.4 Å². The van der Waals surface area contributed by atoms with Crippen molar-refractivity contribution in [3.05, 3.63) is 29.8 Å². The molecule has 25 heavy (non-hydrogen) atoms. The molecule has 0 aliphatic heterocycles. The van der Waals surface area contributed by atoms with Gasteiger partial charge in [-0.05, 0) is 63.8 Å². The molecule has 1 aromatic rings. The third kappa shape index (κ3) is 7.39. The Labute approximate surface area is 156 Å². The zero-order chi connectivity index (χ0) is 18.9. The first-order chi connectivity index (χ1) is 11.9. The Balaban J connectivity index is 0.00000151. The maximum atomic E-state index is 12.6. The highest BCUT2D eigenvalue weighted by atomic mass is 32.2. The van der Waals surface area contributed by atoms with E-state index in [1.807, 2.05) is 52.8 Å². The number of hydrogen-bond acceptors (Lipinski definition) is 4. The molecule has 0 N–H and O–H groups in total. The lowest BCUT2D eigenvalue weighted by molar-refractivity contribution is 0.0333. The number of rotatable bonds is 3. The molecule has 0 bridgehead atoms. The van der Waals surface area contributed by atoms with Crippen LogP contribution in [0.25, 0.3) is 0 Å². The summed E-state index contributed by atoms with van der Waals surface area (Å²) >= 11 is 1.38. The lowest BCUT2D eigenvalue weighted by atomic mass is 9.96. The minimum atomic E-state index is -0.515. The summed E-state index contributed by atoms with van der Waals surface area (Å²) in [6.45, 7) is 9.64. The Morgan fingerprint density at radius 1 is 1.24 bits per heavy atom. The number of nitrogens with zero attached hydrogens (tertiary/aromatic N) is 2. The van der Waals surface area contributed by atoms with Crippen LogP contribution in [0.5, 0.6) is 0 Å². The van der Waals surface area contributed by atoms with Gasteiger partial charge in [-0.3, -0.25) is 0 Å². The fourth-order valence-corrected chi connectivity index (χ4v) is 3.64. The van der Waals surface area contributed by atoms with Crippen LogP contribution in [0.1, 0.15) is 72.3 Å². The van der Waals surface area contributed by atoms with Gasteiger partial charge >= 0.3 is 6.09 Å². The van der Waals surface area contributed by atoms with Gasteiger partial charge in [0.25, 0.3) is 0 Å². The van der Waals surface area contributed by atoms with Crippen molar-refractivity contribution >= 4 is 18.0 Å². The van der Waals surface area contributed by atoms with Gasteiger partial charge in [0.1, 0.15) is 5.60 Å². The largest absolute Gasteiger partial charge is 0.443 e. The Hall–Kier alpha value is -1.67. The molecule has 0 heterocycles. The molecule has 138 valence electrons. The number of carbonyl (C=O) groups excluding carboxylic acids is 1. The van der Waals surface area contributed by atoms with Gasteiger partial charge in [-0.2, -0.15) is 5.26 Å². The first-order valence-corrected chi connectivity index (χ1v) is 9.87. The van der Waals surface area contributed by atoms with Crippen LogP contribution >= 0.6 is 11.9 Å². The van der Waals surface area contributed by atoms with Crippen LogP contribution in [0.4, 0.5) is 4.79 Å². The van der Waals surface area contributed by atoms with E-state index in [0.29, 0.717) is 5.56 Å². The van der Waals surface area contributed by atoms with E-state index in [1.54, 1.807) is 10.4 Å². The van der Waals surface area contributed by atoms with E-state index in [0.717, 1.165) is 30.6 Å². The van der Waals surface area contributed by atoms with Crippen molar-refractivity contribution < 1.29 is 9.53 Å². The van der Waals surface area contributed by atoms with Gasteiger partial charge in [-0.25, -0.2) is 9.10 Å². The van der Waals surface area contributed by atoms with Crippen molar-refractivity contribution in [1.29, 1.82) is 5.26 Å². The Morgan fingerprint density at radius 2 is 1.88 bits per heavy atom. The highest BCUT2D eigenvalue weighted by Crippen LogP contribution is 2.33. The van der Waals surface area contributed by atoms with Crippen molar-refractivity contribution in [3.8, 4) is 6.07 Å². The molecule has 1 aliphatic carbocycles. The zero-order valence-electron chi connectivity index (χ0n) is 16.0. The van der Waals surface area contributed by atoms with Crippen molar-refractivity contribution in [1.82, 2.24) is 4.31 Å². The van der Waals surface area contributed by atoms with Crippen LogP contribution in [0, 0.1) is 11.3 Å². The summed E-state index contributed by atoms with van der Waals surface area (Å²) < 4.78 is 7.35. The van der Waals surface area contributed by atoms with E-state index >= 15 is 0 Å². The van der Waals surface area contributed by atoms with Crippen molar-refractivity contribution in [2.75, 3.05) is 0 Å². The second-order valence-electron chi connectivity index (χ2n) is 6.83. The van der Waals surface area contributed by atoms with E-state index < -0.39 is 5.60 Å². The maximum Gasteiger partial charge on any atom is 0.420 e. The summed E-state index contributed by atoms with van der Waals surface area (Å²) in [4.78, 5) is 13.5. The molecular weight excluding hydrogens is 332 g/mol. The van der Waals surface area contributed by atoms with Gasteiger partial charge < -0.3 is 4.74 Å². The van der Waals surface area contributed by atoms with E-state index in [-0.39, 0.29) is 12.1 Å². The number of benzene rings is 1. The van der Waals surface area contributed by atoms with Crippen molar-refractivity contribution in [2.24, 2.45) is 0 Å². The molecule has 5 heteroatoms. The Bertz CT molecular complexity index is 584. The van der Waals surface area contributed by atoms with Gasteiger partial charge in [0.2, 0.25) is 0 Å². The second-order valence-corrected chi connectivity index (χ2v) is 7.88. The molecule has 0 saturated heterocycles. The van der Waals surface area contributed by atoms with E-state index in [2.05, 4.69) is 6.07 Å². The zero-order valence-corrected chi connectivity index (χ0v) is 16.9. The molecule has 0 atom stereocenters. The van der Waals surface area contributed by atoms with Crippen LogP contribution < -0.4 is 0 Å². The fraction of sp³-hybridized carbons (Fsp3) is 0.600. The summed E-state index contributed by atoms with van der Waals surface area (Å²) in [5.41, 5.74) is 0.0850. The molecule has 2 rings (SSSR count). The van der Waals surface area contributed by atoms with Crippen molar-refractivity contribution in [3.63, 3.8) is 0 Å². The minimum Gasteiger partial charge on any atom is -0.443 e. The SMILES string of the molecule is CC.CC(C)(C)OC(=O)N(Sc1cccc(C#N)c1)C1CCCCC1. The van der Waals surface area contributed by atoms with Gasteiger partial charge in [-0.1, -0.05) is 39.2 Å². The van der Waals surface area contributed by atoms with Crippen LogP contribution in [-0.4, -0.2) is 22.0 Å². The summed E-state index contributed by atoms with van der Waals surface area (Å²) in [6, 6.07) is 9.67. The third-order valence-corrected chi connectivity index (χ3v) is 4.76. The molecule has 0 radical (unpaired) electrons. The number of hydrogen-bond donors (Lipinski definition) is 0. The van der Waals surface area contributed by atoms with Crippen LogP contribution in [0.3, 0.4) is 0 Å². The van der Waals surface area contributed by atoms with Gasteiger partial charge in [-0.15, -0.1) is 0 Å². The van der Waals surface area contributed by atoms with Crippen LogP contribution in [-0.2, 0) is 4.74 Å². The summed E-state index contributed by atoms with van der Waals surface area (Å²) in [5.74, 6) is 0. The highest BCUT2D eigenvalue weighted by Gasteiger charge is 2.30. The third-order valence-electron chi connectivity index (χ3n) is 3.65. The molecule has 1 fully saturated rings. The minimum absolute atomic E-state index is 0.189. The molecular formula is C20H30N2O2S. The number of nitriles is 1. The van der Waals surface area contributed by atoms with Crippen molar-refractivity contribution in [2.45, 2.75) is 83.3 Å². The number of carbonyl (C=O) groups is 1. The molecule has 1 aliphatic rings. The van der Waals surface area contributed by atoms with Crippen LogP contribution in [0.15, 0.2) is 29.2 Å². The standard InChI is InChI=1S/C18H24N2O2S.C2H6/c1-18(2,3)22-17(21)20(15-9-5-4-6-10-15)23-16-11-7-8-14(12-16)13-19;1-2/h7-8,11-12,15H,4-6,9-10H2,1-3H3;1-2H3. The predicted molar refractivity (Wildman–Crippen MR) is 103 cm³/mol. The van der Waals surface area contributed by atoms with Gasteiger partial charge in [0.15, 0.2) is 0 Å². The lowest BCUT2D eigenvalue weighted by Crippen LogP contribution is -2.40.